The van der Waals surface area contributed by atoms with Crippen molar-refractivity contribution in [1.82, 2.24) is 0 Å². The Bertz CT molecular complexity index is 1030. The third-order valence-corrected chi connectivity index (χ3v) is 9.17. The molecule has 2 nitrogen and oxygen atoms in total. The molecule has 0 amide bonds. The zero-order valence-corrected chi connectivity index (χ0v) is 20.2. The van der Waals surface area contributed by atoms with Gasteiger partial charge in [0.1, 0.15) is 5.82 Å². The molecule has 2 aliphatic heterocycles. The largest absolute Gasteiger partial charge is 0.377 e. The topological polar surface area (TPSA) is 18.5 Å². The molecule has 2 aliphatic carbocycles. The molecule has 6 atom stereocenters. The molecule has 6 unspecified atom stereocenters. The summed E-state index contributed by atoms with van der Waals surface area (Å²) in [6.45, 7) is 5.45. The first kappa shape index (κ1) is 26.2. The van der Waals surface area contributed by atoms with Crippen LogP contribution in [-0.4, -0.2) is 25.4 Å². The van der Waals surface area contributed by atoms with Crippen LogP contribution in [-0.2, 0) is 20.3 Å². The van der Waals surface area contributed by atoms with Gasteiger partial charge in [-0.1, -0.05) is 57.5 Å². The Morgan fingerprint density at radius 3 is 2.11 bits per heavy atom. The van der Waals surface area contributed by atoms with Crippen molar-refractivity contribution in [3.8, 4) is 0 Å². The second-order valence-electron chi connectivity index (χ2n) is 10.7. The maximum atomic E-state index is 14.1. The van der Waals surface area contributed by atoms with Crippen molar-refractivity contribution in [3.05, 3.63) is 71.0 Å². The van der Waals surface area contributed by atoms with E-state index in [4.69, 9.17) is 9.47 Å². The zero-order chi connectivity index (χ0) is 23.9. The molecule has 2 saturated heterocycles. The second-order valence-corrected chi connectivity index (χ2v) is 10.7. The average Bonchev–Trinajstić information content (AvgIpc) is 3.58. The van der Waals surface area contributed by atoms with E-state index < -0.39 is 11.6 Å². The van der Waals surface area contributed by atoms with Gasteiger partial charge in [0.15, 0.2) is 11.6 Å². The summed E-state index contributed by atoms with van der Waals surface area (Å²) in [5.41, 5.74) is 1.08. The van der Waals surface area contributed by atoms with E-state index in [0.717, 1.165) is 37.7 Å². The number of rotatable bonds is 3. The Kier molecular flexibility index (Phi) is 7.68. The summed E-state index contributed by atoms with van der Waals surface area (Å²) in [5, 5.41) is 0. The highest BCUT2D eigenvalue weighted by molar-refractivity contribution is 5.33. The summed E-state index contributed by atoms with van der Waals surface area (Å²) in [5.74, 6) is -0.632. The molecule has 0 aromatic heterocycles. The summed E-state index contributed by atoms with van der Waals surface area (Å²) >= 11 is 0. The Hall–Kier alpha value is -1.85. The summed E-state index contributed by atoms with van der Waals surface area (Å²) in [7, 11) is 0. The van der Waals surface area contributed by atoms with E-state index in [0.29, 0.717) is 30.6 Å². The molecule has 4 fully saturated rings. The standard InChI is InChI=1S/C15H18F2O.C14H17FO.CH4/c1-2-13-10-6-4-8-15(10,9-18-13)11-5-3-7-12(16)14(11)17;1-10-11-6-4-8-14(11,9-16-10)12-5-2-3-7-13(12)15;/h3,5,7,10,13H,2,4,6,8-9H2,1H3;2-3,5,7,10-11H,4,6,8-9H2,1H3;1H4. The SMILES string of the molecule is C.CC1OCC2(c3ccccc3F)CCCC12.CCC1OCC2(c3cccc(F)c3F)CCCC12. The van der Waals surface area contributed by atoms with E-state index in [1.165, 1.54) is 18.9 Å². The van der Waals surface area contributed by atoms with E-state index >= 15 is 0 Å². The highest BCUT2D eigenvalue weighted by atomic mass is 19.2. The van der Waals surface area contributed by atoms with E-state index in [-0.39, 0.29) is 36.3 Å². The number of ether oxygens (including phenoxy) is 2. The molecule has 192 valence electrons. The maximum absolute atomic E-state index is 14.1. The molecule has 0 N–H and O–H groups in total. The normalized spacial score (nSPS) is 35.1. The highest BCUT2D eigenvalue weighted by Crippen LogP contribution is 2.54. The van der Waals surface area contributed by atoms with Gasteiger partial charge in [-0.3, -0.25) is 0 Å². The van der Waals surface area contributed by atoms with Crippen LogP contribution >= 0.6 is 0 Å². The van der Waals surface area contributed by atoms with Gasteiger partial charge in [-0.15, -0.1) is 0 Å². The van der Waals surface area contributed by atoms with Crippen molar-refractivity contribution >= 4 is 0 Å². The molecule has 5 heteroatoms. The minimum Gasteiger partial charge on any atom is -0.377 e. The molecule has 0 radical (unpaired) electrons. The van der Waals surface area contributed by atoms with Crippen molar-refractivity contribution in [2.24, 2.45) is 11.8 Å². The van der Waals surface area contributed by atoms with Crippen LogP contribution in [0.25, 0.3) is 0 Å². The van der Waals surface area contributed by atoms with Crippen LogP contribution in [0, 0.1) is 29.3 Å². The molecule has 2 aromatic carbocycles. The average molecular weight is 489 g/mol. The molecule has 2 heterocycles. The first-order chi connectivity index (χ1) is 16.4. The van der Waals surface area contributed by atoms with Crippen LogP contribution in [0.2, 0.25) is 0 Å². The lowest BCUT2D eigenvalue weighted by atomic mass is 9.72. The van der Waals surface area contributed by atoms with Gasteiger partial charge in [0, 0.05) is 10.8 Å². The van der Waals surface area contributed by atoms with Gasteiger partial charge in [-0.2, -0.15) is 0 Å². The zero-order valence-electron chi connectivity index (χ0n) is 20.2. The molecule has 0 spiro atoms. The van der Waals surface area contributed by atoms with Crippen LogP contribution in [0.15, 0.2) is 42.5 Å². The monoisotopic (exact) mass is 488 g/mol. The number of fused-ring (bicyclic) bond motifs is 2. The van der Waals surface area contributed by atoms with E-state index in [2.05, 4.69) is 13.8 Å². The van der Waals surface area contributed by atoms with E-state index in [9.17, 15) is 13.2 Å². The quantitative estimate of drug-likeness (QED) is 0.440. The first-order valence-electron chi connectivity index (χ1n) is 12.9. The smallest absolute Gasteiger partial charge is 0.162 e. The fourth-order valence-corrected chi connectivity index (χ4v) is 7.53. The van der Waals surface area contributed by atoms with Crippen molar-refractivity contribution in [3.63, 3.8) is 0 Å². The van der Waals surface area contributed by atoms with Crippen LogP contribution in [0.1, 0.15) is 77.3 Å². The third-order valence-electron chi connectivity index (χ3n) is 9.17. The van der Waals surface area contributed by atoms with Gasteiger partial charge in [0.2, 0.25) is 0 Å². The van der Waals surface area contributed by atoms with Gasteiger partial charge in [-0.25, -0.2) is 13.2 Å². The lowest BCUT2D eigenvalue weighted by Gasteiger charge is -2.29. The van der Waals surface area contributed by atoms with Crippen LogP contribution in [0.5, 0.6) is 0 Å². The molecule has 6 rings (SSSR count). The summed E-state index contributed by atoms with van der Waals surface area (Å²) in [6, 6.07) is 11.7. The lowest BCUT2D eigenvalue weighted by molar-refractivity contribution is 0.0816. The number of halogens is 3. The molecule has 2 saturated carbocycles. The fraction of sp³-hybridized carbons (Fsp3) is 0.600. The summed E-state index contributed by atoms with van der Waals surface area (Å²) in [6.07, 6.45) is 7.94. The van der Waals surface area contributed by atoms with E-state index in [1.807, 2.05) is 12.1 Å². The van der Waals surface area contributed by atoms with Crippen LogP contribution in [0.4, 0.5) is 13.2 Å². The van der Waals surface area contributed by atoms with Crippen molar-refractivity contribution in [1.29, 1.82) is 0 Å². The summed E-state index contributed by atoms with van der Waals surface area (Å²) in [4.78, 5) is 0. The first-order valence-corrected chi connectivity index (χ1v) is 12.9. The van der Waals surface area contributed by atoms with E-state index in [1.54, 1.807) is 24.3 Å². The van der Waals surface area contributed by atoms with Crippen LogP contribution in [0.3, 0.4) is 0 Å². The number of hydrogen-bond acceptors (Lipinski definition) is 2. The Morgan fingerprint density at radius 2 is 1.40 bits per heavy atom. The maximum Gasteiger partial charge on any atom is 0.162 e. The predicted octanol–water partition coefficient (Wildman–Crippen LogP) is 7.73. The number of benzene rings is 2. The summed E-state index contributed by atoms with van der Waals surface area (Å²) < 4.78 is 53.1. The van der Waals surface area contributed by atoms with Crippen molar-refractivity contribution in [2.45, 2.75) is 89.3 Å². The minimum absolute atomic E-state index is 0. The van der Waals surface area contributed by atoms with Crippen molar-refractivity contribution < 1.29 is 22.6 Å². The van der Waals surface area contributed by atoms with Gasteiger partial charge in [0.25, 0.3) is 0 Å². The highest BCUT2D eigenvalue weighted by Gasteiger charge is 2.54. The molecular weight excluding hydrogens is 449 g/mol. The number of hydrogen-bond donors (Lipinski definition) is 0. The molecule has 35 heavy (non-hydrogen) atoms. The minimum atomic E-state index is -0.743. The third kappa shape index (κ3) is 4.23. The van der Waals surface area contributed by atoms with Gasteiger partial charge in [-0.05, 0) is 74.1 Å². The predicted molar refractivity (Wildman–Crippen MR) is 133 cm³/mol. The fourth-order valence-electron chi connectivity index (χ4n) is 7.53. The molecular formula is C30H39F3O2. The lowest BCUT2D eigenvalue weighted by Crippen LogP contribution is -2.33. The molecule has 2 aromatic rings. The Morgan fingerprint density at radius 1 is 0.800 bits per heavy atom. The van der Waals surface area contributed by atoms with Crippen molar-refractivity contribution in [2.75, 3.05) is 13.2 Å². The van der Waals surface area contributed by atoms with Gasteiger partial charge in [0.05, 0.1) is 25.4 Å². The second kappa shape index (κ2) is 10.3. The Balaban J connectivity index is 0.000000161. The molecule has 0 bridgehead atoms. The van der Waals surface area contributed by atoms with Gasteiger partial charge >= 0.3 is 0 Å². The Labute approximate surface area is 208 Å². The van der Waals surface area contributed by atoms with Crippen LogP contribution < -0.4 is 0 Å². The molecule has 4 aliphatic rings. The van der Waals surface area contributed by atoms with Gasteiger partial charge < -0.3 is 9.47 Å².